The average Bonchev–Trinajstić information content (AvgIpc) is 3.63. The molecule has 272 valence electrons. The summed E-state index contributed by atoms with van der Waals surface area (Å²) < 4.78 is 64.1. The molecule has 8 rings (SSSR count). The number of rotatable bonds is 11. The summed E-state index contributed by atoms with van der Waals surface area (Å²) in [5, 5.41) is 0.606. The van der Waals surface area contributed by atoms with Crippen molar-refractivity contribution in [2.45, 2.75) is 37.3 Å². The third-order valence-corrected chi connectivity index (χ3v) is 10.8. The van der Waals surface area contributed by atoms with E-state index in [-0.39, 0.29) is 36.1 Å². The fourth-order valence-electron chi connectivity index (χ4n) is 7.46. The van der Waals surface area contributed by atoms with E-state index < -0.39 is 35.5 Å². The topological polar surface area (TPSA) is 90.4 Å². The summed E-state index contributed by atoms with van der Waals surface area (Å²) in [5.74, 6) is 0.763. The molecule has 4 heterocycles. The van der Waals surface area contributed by atoms with Crippen LogP contribution in [-0.4, -0.2) is 61.4 Å². The first kappa shape index (κ1) is 35.9. The number of carbonyl (C=O) groups excluding carboxylic acids is 2. The number of piperidine rings is 3. The quantitative estimate of drug-likeness (QED) is 0.141. The standard InChI is InChI=1S/C38H34Cl2F3N3O6/c1-49-32-11-10-24(14-34(32)50-2)33(16-27-30(39)17-44-18-31(27)40)51-35(47)23-8-6-22(7-9-23)19-46(26-5-3-4-25(15-26)38(41,42)43)36(48)52-37-21-45-13-12-28(37)29(37)20-45/h3-11,14-15,17-18,28-29,33H,12-13,16,19-21H2,1-2H3/t28?,29?,33-,37+/m0/s1. The van der Waals surface area contributed by atoms with Crippen molar-refractivity contribution in [3.63, 3.8) is 0 Å². The van der Waals surface area contributed by atoms with Crippen LogP contribution in [-0.2, 0) is 28.6 Å². The Morgan fingerprint density at radius 3 is 2.33 bits per heavy atom. The zero-order chi connectivity index (χ0) is 36.8. The van der Waals surface area contributed by atoms with Gasteiger partial charge in [-0.15, -0.1) is 0 Å². The number of methoxy groups -OCH3 is 2. The minimum Gasteiger partial charge on any atom is -0.493 e. The first-order valence-electron chi connectivity index (χ1n) is 16.6. The molecular formula is C38H34Cl2F3N3O6. The van der Waals surface area contributed by atoms with Crippen LogP contribution in [0.3, 0.4) is 0 Å². The lowest BCUT2D eigenvalue weighted by Gasteiger charge is -2.31. The van der Waals surface area contributed by atoms with Crippen LogP contribution in [0, 0.1) is 11.8 Å². The molecule has 9 nitrogen and oxygen atoms in total. The van der Waals surface area contributed by atoms with E-state index in [1.165, 1.54) is 55.8 Å². The largest absolute Gasteiger partial charge is 0.493 e. The van der Waals surface area contributed by atoms with Crippen molar-refractivity contribution in [1.82, 2.24) is 9.88 Å². The van der Waals surface area contributed by atoms with Crippen LogP contribution in [0.25, 0.3) is 0 Å². The number of hydrogen-bond donors (Lipinski definition) is 0. The highest BCUT2D eigenvalue weighted by Crippen LogP contribution is 2.63. The normalized spacial score (nSPS) is 21.9. The molecule has 4 aromatic rings. The Labute approximate surface area is 308 Å². The van der Waals surface area contributed by atoms with Crippen molar-refractivity contribution < 1.29 is 41.7 Å². The number of nitrogens with zero attached hydrogens (tertiary/aromatic N) is 3. The first-order valence-corrected chi connectivity index (χ1v) is 17.4. The SMILES string of the molecule is COc1ccc([C@H](Cc2c(Cl)cncc2Cl)OC(=O)c2ccc(CN(C(=O)O[C@]34CN5CCC3C4C5)c3cccc(C(F)(F)F)c3)cc2)cc1OC. The summed E-state index contributed by atoms with van der Waals surface area (Å²) in [5.41, 5.74) is 0.440. The molecule has 0 spiro atoms. The van der Waals surface area contributed by atoms with Gasteiger partial charge in [0.05, 0.1) is 41.9 Å². The molecule has 4 fully saturated rings. The minimum atomic E-state index is -4.60. The van der Waals surface area contributed by atoms with Gasteiger partial charge in [0.15, 0.2) is 11.5 Å². The highest BCUT2D eigenvalue weighted by molar-refractivity contribution is 6.35. The number of amides is 1. The highest BCUT2D eigenvalue weighted by Gasteiger charge is 2.74. The zero-order valence-corrected chi connectivity index (χ0v) is 29.7. The smallest absolute Gasteiger partial charge is 0.416 e. The number of ether oxygens (including phenoxy) is 4. The number of anilines is 1. The van der Waals surface area contributed by atoms with E-state index in [1.54, 1.807) is 30.3 Å². The fourth-order valence-corrected chi connectivity index (χ4v) is 7.98. The highest BCUT2D eigenvalue weighted by atomic mass is 35.5. The van der Waals surface area contributed by atoms with Crippen LogP contribution >= 0.6 is 23.2 Å². The number of aromatic nitrogens is 1. The Morgan fingerprint density at radius 1 is 0.981 bits per heavy atom. The maximum atomic E-state index is 13.8. The first-order chi connectivity index (χ1) is 24.9. The van der Waals surface area contributed by atoms with Gasteiger partial charge in [-0.2, -0.15) is 13.2 Å². The van der Waals surface area contributed by atoms with Crippen LogP contribution in [0.4, 0.5) is 23.7 Å². The van der Waals surface area contributed by atoms with Crippen molar-refractivity contribution in [2.75, 3.05) is 38.8 Å². The molecule has 3 aromatic carbocycles. The third-order valence-electron chi connectivity index (χ3n) is 10.2. The summed E-state index contributed by atoms with van der Waals surface area (Å²) in [7, 11) is 3.00. The summed E-state index contributed by atoms with van der Waals surface area (Å²) in [6.07, 6.45) is -2.23. The van der Waals surface area contributed by atoms with E-state index >= 15 is 0 Å². The minimum absolute atomic E-state index is 0.0477. The van der Waals surface area contributed by atoms with Crippen molar-refractivity contribution >= 4 is 41.0 Å². The Kier molecular flexibility index (Phi) is 9.75. The van der Waals surface area contributed by atoms with Gasteiger partial charge in [0.25, 0.3) is 0 Å². The van der Waals surface area contributed by atoms with E-state index in [9.17, 15) is 22.8 Å². The molecular weight excluding hydrogens is 722 g/mol. The molecule has 3 aliphatic heterocycles. The average molecular weight is 757 g/mol. The molecule has 1 amide bonds. The Hall–Kier alpha value is -4.52. The molecule has 0 N–H and O–H groups in total. The van der Waals surface area contributed by atoms with Gasteiger partial charge < -0.3 is 18.9 Å². The summed E-state index contributed by atoms with van der Waals surface area (Å²) in [6.45, 7) is 2.34. The van der Waals surface area contributed by atoms with E-state index in [0.29, 0.717) is 44.8 Å². The van der Waals surface area contributed by atoms with Gasteiger partial charge in [-0.05, 0) is 72.1 Å². The molecule has 5 atom stereocenters. The predicted molar refractivity (Wildman–Crippen MR) is 187 cm³/mol. The number of halogens is 5. The number of esters is 1. The second-order valence-corrected chi connectivity index (χ2v) is 14.0. The number of fused-ring (bicyclic) bond motifs is 1. The van der Waals surface area contributed by atoms with Crippen LogP contribution in [0.5, 0.6) is 11.5 Å². The van der Waals surface area contributed by atoms with Gasteiger partial charge in [-0.3, -0.25) is 14.8 Å². The van der Waals surface area contributed by atoms with E-state index in [0.717, 1.165) is 31.6 Å². The van der Waals surface area contributed by atoms with Gasteiger partial charge in [0.1, 0.15) is 11.7 Å². The number of carbonyl (C=O) groups is 2. The van der Waals surface area contributed by atoms with Gasteiger partial charge in [0.2, 0.25) is 0 Å². The van der Waals surface area contributed by atoms with Crippen molar-refractivity contribution in [2.24, 2.45) is 11.8 Å². The van der Waals surface area contributed by atoms with Crippen LogP contribution in [0.1, 0.15) is 45.1 Å². The van der Waals surface area contributed by atoms with Crippen LogP contribution < -0.4 is 14.4 Å². The molecule has 1 aromatic heterocycles. The zero-order valence-electron chi connectivity index (χ0n) is 28.2. The second kappa shape index (κ2) is 14.1. The lowest BCUT2D eigenvalue weighted by molar-refractivity contribution is -0.137. The summed E-state index contributed by atoms with van der Waals surface area (Å²) >= 11 is 12.8. The molecule has 14 heteroatoms. The van der Waals surface area contributed by atoms with Crippen molar-refractivity contribution in [3.8, 4) is 11.5 Å². The summed E-state index contributed by atoms with van der Waals surface area (Å²) in [6, 6.07) is 16.0. The van der Waals surface area contributed by atoms with Crippen LogP contribution in [0.15, 0.2) is 79.1 Å². The van der Waals surface area contributed by atoms with Gasteiger partial charge >= 0.3 is 18.2 Å². The van der Waals surface area contributed by atoms with E-state index in [4.69, 9.17) is 42.1 Å². The number of alkyl halides is 3. The summed E-state index contributed by atoms with van der Waals surface area (Å²) in [4.78, 5) is 34.8. The second-order valence-electron chi connectivity index (χ2n) is 13.2. The fraction of sp³-hybridized carbons (Fsp3) is 0.342. The molecule has 4 bridgehead atoms. The molecule has 52 heavy (non-hydrogen) atoms. The molecule has 1 aliphatic carbocycles. The van der Waals surface area contributed by atoms with E-state index in [2.05, 4.69) is 9.88 Å². The van der Waals surface area contributed by atoms with Gasteiger partial charge in [-0.25, -0.2) is 9.59 Å². The number of benzene rings is 3. The lowest BCUT2D eigenvalue weighted by atomic mass is 10.0. The van der Waals surface area contributed by atoms with Crippen molar-refractivity contribution in [3.05, 3.63) is 117 Å². The van der Waals surface area contributed by atoms with Crippen molar-refractivity contribution in [1.29, 1.82) is 0 Å². The molecule has 4 aliphatic rings. The number of hydrogen-bond acceptors (Lipinski definition) is 8. The maximum absolute atomic E-state index is 13.8. The Balaban J connectivity index is 1.12. The van der Waals surface area contributed by atoms with Crippen LogP contribution in [0.2, 0.25) is 10.0 Å². The van der Waals surface area contributed by atoms with Gasteiger partial charge in [0, 0.05) is 49.4 Å². The molecule has 0 radical (unpaired) electrons. The maximum Gasteiger partial charge on any atom is 0.416 e. The number of pyridine rings is 1. The van der Waals surface area contributed by atoms with E-state index in [1.807, 2.05) is 0 Å². The monoisotopic (exact) mass is 755 g/mol. The third kappa shape index (κ3) is 6.99. The molecule has 3 unspecified atom stereocenters. The lowest BCUT2D eigenvalue weighted by Crippen LogP contribution is -2.42. The molecule has 3 saturated heterocycles. The Bertz CT molecular complexity index is 1970. The predicted octanol–water partition coefficient (Wildman–Crippen LogP) is 8.41. The molecule has 1 saturated carbocycles. The van der Waals surface area contributed by atoms with Gasteiger partial charge in [-0.1, -0.05) is 47.5 Å². The Morgan fingerprint density at radius 2 is 1.71 bits per heavy atom.